The number of hydrogen-bond donors (Lipinski definition) is 2. The Bertz CT molecular complexity index is 1190. The summed E-state index contributed by atoms with van der Waals surface area (Å²) in [6, 6.07) is 8.78. The third kappa shape index (κ3) is 4.78. The van der Waals surface area contributed by atoms with Crippen LogP contribution >= 0.6 is 0 Å². The summed E-state index contributed by atoms with van der Waals surface area (Å²) in [4.78, 5) is 26.1. The molecule has 1 saturated heterocycles. The molecule has 9 heteroatoms. The second-order valence-corrected chi connectivity index (χ2v) is 8.25. The Hall–Kier alpha value is -3.59. The van der Waals surface area contributed by atoms with Crippen molar-refractivity contribution in [3.05, 3.63) is 47.8 Å². The summed E-state index contributed by atoms with van der Waals surface area (Å²) in [6.07, 6.45) is -0.348. The van der Waals surface area contributed by atoms with Gasteiger partial charge in [0.25, 0.3) is 0 Å². The van der Waals surface area contributed by atoms with Gasteiger partial charge in [0.05, 0.1) is 17.9 Å². The number of anilines is 1. The van der Waals surface area contributed by atoms with Gasteiger partial charge in [-0.1, -0.05) is 0 Å². The maximum atomic E-state index is 13.5. The third-order valence-electron chi connectivity index (χ3n) is 5.37. The summed E-state index contributed by atoms with van der Waals surface area (Å²) in [5.41, 5.74) is 6.52. The molecular formula is C24H25FN2O6. The van der Waals surface area contributed by atoms with Gasteiger partial charge < -0.3 is 29.6 Å². The molecule has 8 nitrogen and oxygen atoms in total. The molecular weight excluding hydrogens is 431 g/mol. The fraction of sp³-hybridized carbons (Fsp3) is 0.333. The Labute approximate surface area is 189 Å². The molecule has 0 bridgehead atoms. The number of β-amino-alcohol motifs (C(OH)–C–C–N with tert-alkyl or cyclic N) is 1. The molecule has 2 heterocycles. The summed E-state index contributed by atoms with van der Waals surface area (Å²) < 4.78 is 30.2. The Morgan fingerprint density at radius 1 is 1.24 bits per heavy atom. The summed E-state index contributed by atoms with van der Waals surface area (Å²) in [7, 11) is 0. The highest BCUT2D eigenvalue weighted by molar-refractivity contribution is 6.12. The average molecular weight is 456 g/mol. The number of nitrogens with zero attached hydrogens (tertiary/aromatic N) is 1. The highest BCUT2D eigenvalue weighted by atomic mass is 19.1. The van der Waals surface area contributed by atoms with E-state index >= 15 is 0 Å². The maximum absolute atomic E-state index is 13.5. The molecule has 1 aliphatic rings. The number of ether oxygens (including phenoxy) is 2. The number of rotatable bonds is 5. The monoisotopic (exact) mass is 456 g/mol. The predicted octanol–water partition coefficient (Wildman–Crippen LogP) is 4.22. The second-order valence-electron chi connectivity index (χ2n) is 8.25. The van der Waals surface area contributed by atoms with Crippen molar-refractivity contribution in [1.82, 2.24) is 0 Å². The van der Waals surface area contributed by atoms with Gasteiger partial charge in [-0.2, -0.15) is 0 Å². The summed E-state index contributed by atoms with van der Waals surface area (Å²) in [5, 5.41) is 10.5. The summed E-state index contributed by atoms with van der Waals surface area (Å²) >= 11 is 0. The van der Waals surface area contributed by atoms with Crippen LogP contribution in [0.25, 0.3) is 22.3 Å². The van der Waals surface area contributed by atoms with E-state index in [1.807, 2.05) is 18.7 Å². The minimum Gasteiger partial charge on any atom is -0.489 e. The van der Waals surface area contributed by atoms with Crippen molar-refractivity contribution >= 4 is 28.7 Å². The molecule has 1 fully saturated rings. The summed E-state index contributed by atoms with van der Waals surface area (Å²) in [5.74, 6) is -0.833. The molecule has 0 saturated carbocycles. The number of carbonyl (C=O) groups is 2. The van der Waals surface area contributed by atoms with Crippen LogP contribution in [0.4, 0.5) is 14.9 Å². The predicted molar refractivity (Wildman–Crippen MR) is 120 cm³/mol. The molecule has 4 rings (SSSR count). The molecule has 1 aliphatic heterocycles. The van der Waals surface area contributed by atoms with Crippen LogP contribution in [0.1, 0.15) is 37.0 Å². The van der Waals surface area contributed by atoms with Crippen molar-refractivity contribution in [2.75, 3.05) is 18.0 Å². The number of fused-ring (bicyclic) bond motifs is 1. The molecule has 1 atom stereocenters. The lowest BCUT2D eigenvalue weighted by molar-refractivity contribution is 0.0640. The van der Waals surface area contributed by atoms with Crippen LogP contribution in [0.3, 0.4) is 0 Å². The number of carbonyl (C=O) groups excluding carboxylic acids is 2. The minimum atomic E-state index is -1.25. The van der Waals surface area contributed by atoms with E-state index in [0.717, 1.165) is 19.4 Å². The first-order chi connectivity index (χ1) is 15.7. The summed E-state index contributed by atoms with van der Waals surface area (Å²) in [6.45, 7) is 4.91. The van der Waals surface area contributed by atoms with E-state index in [2.05, 4.69) is 4.74 Å². The van der Waals surface area contributed by atoms with E-state index in [1.165, 1.54) is 24.3 Å². The van der Waals surface area contributed by atoms with Crippen molar-refractivity contribution in [3.63, 3.8) is 0 Å². The van der Waals surface area contributed by atoms with Gasteiger partial charge in [0.2, 0.25) is 0 Å². The zero-order valence-corrected chi connectivity index (χ0v) is 18.3. The Morgan fingerprint density at radius 3 is 2.61 bits per heavy atom. The number of esters is 1. The van der Waals surface area contributed by atoms with Crippen LogP contribution in [-0.4, -0.2) is 42.5 Å². The number of hydrogen-bond acceptors (Lipinski definition) is 7. The topological polar surface area (TPSA) is 115 Å². The number of halogens is 1. The number of benzene rings is 2. The number of nitrogens with two attached hydrogens (primary N) is 1. The highest BCUT2D eigenvalue weighted by Gasteiger charge is 2.28. The molecule has 0 spiro atoms. The molecule has 3 aromatic rings. The van der Waals surface area contributed by atoms with Crippen molar-refractivity contribution in [2.45, 2.75) is 38.9 Å². The number of aliphatic hydroxyl groups excluding tert-OH is 1. The number of aliphatic hydroxyl groups is 1. The smallest absolute Gasteiger partial charge is 0.412 e. The molecule has 1 unspecified atom stereocenters. The van der Waals surface area contributed by atoms with Crippen LogP contribution in [0, 0.1) is 5.82 Å². The second kappa shape index (κ2) is 9.11. The van der Waals surface area contributed by atoms with Gasteiger partial charge in [0, 0.05) is 30.1 Å². The number of primary amides is 1. The fourth-order valence-corrected chi connectivity index (χ4v) is 4.03. The van der Waals surface area contributed by atoms with Gasteiger partial charge in [-0.15, -0.1) is 0 Å². The van der Waals surface area contributed by atoms with Crippen molar-refractivity contribution < 1.29 is 33.0 Å². The van der Waals surface area contributed by atoms with Gasteiger partial charge in [0.15, 0.2) is 0 Å². The van der Waals surface area contributed by atoms with Crippen LogP contribution in [0.5, 0.6) is 5.75 Å². The van der Waals surface area contributed by atoms with E-state index in [0.29, 0.717) is 34.5 Å². The van der Waals surface area contributed by atoms with Gasteiger partial charge in [-0.25, -0.2) is 14.0 Å². The number of furan rings is 1. The third-order valence-corrected chi connectivity index (χ3v) is 5.37. The molecule has 174 valence electrons. The molecule has 0 aliphatic carbocycles. The van der Waals surface area contributed by atoms with E-state index in [9.17, 15) is 19.1 Å². The SMILES string of the molecule is CC(C)Oc1cc2c(C(=O)OC(N)=O)c(-c3ccc(F)cc3)oc2cc1N1CCCC(O)C1. The zero-order valence-electron chi connectivity index (χ0n) is 18.3. The maximum Gasteiger partial charge on any atom is 0.412 e. The van der Waals surface area contributed by atoms with Gasteiger partial charge >= 0.3 is 12.1 Å². The van der Waals surface area contributed by atoms with Crippen molar-refractivity contribution in [2.24, 2.45) is 5.73 Å². The van der Waals surface area contributed by atoms with Crippen LogP contribution in [-0.2, 0) is 4.74 Å². The zero-order chi connectivity index (χ0) is 23.7. The van der Waals surface area contributed by atoms with Crippen molar-refractivity contribution in [3.8, 4) is 17.1 Å². The van der Waals surface area contributed by atoms with E-state index < -0.39 is 24.0 Å². The van der Waals surface area contributed by atoms with Crippen LogP contribution in [0.15, 0.2) is 40.8 Å². The van der Waals surface area contributed by atoms with Gasteiger partial charge in [0.1, 0.15) is 28.5 Å². The first-order valence-corrected chi connectivity index (χ1v) is 10.7. The first-order valence-electron chi connectivity index (χ1n) is 10.7. The lowest BCUT2D eigenvalue weighted by Crippen LogP contribution is -2.38. The van der Waals surface area contributed by atoms with E-state index in [1.54, 1.807) is 12.1 Å². The lowest BCUT2D eigenvalue weighted by Gasteiger charge is -2.33. The Balaban J connectivity index is 1.93. The normalized spacial score (nSPS) is 16.3. The molecule has 1 aromatic heterocycles. The Morgan fingerprint density at radius 2 is 1.97 bits per heavy atom. The molecule has 33 heavy (non-hydrogen) atoms. The molecule has 0 radical (unpaired) electrons. The quantitative estimate of drug-likeness (QED) is 0.436. The van der Waals surface area contributed by atoms with Crippen molar-refractivity contribution in [1.29, 1.82) is 0 Å². The molecule has 2 aromatic carbocycles. The lowest BCUT2D eigenvalue weighted by atomic mass is 10.0. The standard InChI is InChI=1S/C24H25FN2O6/c1-13(2)31-20-10-17-19(11-18(20)27-9-3-4-16(28)12-27)32-22(14-5-7-15(25)8-6-14)21(17)23(29)33-24(26)30/h5-8,10-11,13,16,28H,3-4,9,12H2,1-2H3,(H2,26,30). The molecule has 3 N–H and O–H groups in total. The Kier molecular flexibility index (Phi) is 6.24. The fourth-order valence-electron chi connectivity index (χ4n) is 4.03. The minimum absolute atomic E-state index is 0.0192. The van der Waals surface area contributed by atoms with Gasteiger partial charge in [-0.05, 0) is 57.0 Å². The largest absolute Gasteiger partial charge is 0.489 e. The number of amides is 1. The van der Waals surface area contributed by atoms with E-state index in [-0.39, 0.29) is 17.4 Å². The highest BCUT2D eigenvalue weighted by Crippen LogP contribution is 2.41. The average Bonchev–Trinajstić information content (AvgIpc) is 3.11. The first kappa shape index (κ1) is 22.6. The van der Waals surface area contributed by atoms with Crippen LogP contribution in [0.2, 0.25) is 0 Å². The molecule has 1 amide bonds. The number of piperidine rings is 1. The van der Waals surface area contributed by atoms with Gasteiger partial charge in [-0.3, -0.25) is 0 Å². The van der Waals surface area contributed by atoms with E-state index in [4.69, 9.17) is 14.9 Å². The van der Waals surface area contributed by atoms with Crippen LogP contribution < -0.4 is 15.4 Å².